The van der Waals surface area contributed by atoms with Gasteiger partial charge in [0.15, 0.2) is 5.82 Å². The molecule has 2 fully saturated rings. The van der Waals surface area contributed by atoms with Crippen LogP contribution in [-0.2, 0) is 15.5 Å². The first-order chi connectivity index (χ1) is 16.7. The van der Waals surface area contributed by atoms with Crippen molar-refractivity contribution in [2.45, 2.75) is 26.2 Å². The summed E-state index contributed by atoms with van der Waals surface area (Å²) in [5.74, 6) is -2.87. The number of pyridine rings is 1. The van der Waals surface area contributed by atoms with E-state index in [2.05, 4.69) is 40.7 Å². The van der Waals surface area contributed by atoms with Crippen molar-refractivity contribution in [3.8, 4) is 11.3 Å². The lowest BCUT2D eigenvalue weighted by molar-refractivity contribution is -0.114. The molecule has 3 aromatic heterocycles. The lowest BCUT2D eigenvalue weighted by atomic mass is 9.85. The zero-order chi connectivity index (χ0) is 24.6. The Hall–Kier alpha value is -3.80. The number of nitrogens with one attached hydrogen (secondary N) is 2. The minimum atomic E-state index is -3.19. The molecule has 0 atom stereocenters. The first kappa shape index (κ1) is 23.0. The molecule has 2 N–H and O–H groups in total. The molecule has 2 saturated heterocycles. The molecule has 0 aromatic carbocycles. The summed E-state index contributed by atoms with van der Waals surface area (Å²) < 4.78 is 32.8. The van der Waals surface area contributed by atoms with Crippen LogP contribution in [0.2, 0.25) is 0 Å². The monoisotopic (exact) mass is 482 g/mol. The second kappa shape index (κ2) is 8.77. The number of nitrogens with zero attached hydrogens (tertiary/aromatic N) is 6. The smallest absolute Gasteiger partial charge is 0.303 e. The summed E-state index contributed by atoms with van der Waals surface area (Å²) in [6, 6.07) is 6.78. The molecule has 3 aromatic rings. The van der Waals surface area contributed by atoms with Crippen LogP contribution in [0.3, 0.4) is 0 Å². The number of rotatable bonds is 6. The number of aromatic nitrogens is 5. The molecule has 10 nitrogen and oxygen atoms in total. The average molecular weight is 482 g/mol. The van der Waals surface area contributed by atoms with Crippen molar-refractivity contribution in [3.63, 3.8) is 0 Å². The summed E-state index contributed by atoms with van der Waals surface area (Å²) in [4.78, 5) is 25.6. The van der Waals surface area contributed by atoms with Gasteiger partial charge in [-0.1, -0.05) is 0 Å². The van der Waals surface area contributed by atoms with Crippen LogP contribution in [0.4, 0.5) is 31.9 Å². The normalized spacial score (nSPS) is 16.7. The Morgan fingerprint density at radius 2 is 2.00 bits per heavy atom. The zero-order valence-corrected chi connectivity index (χ0v) is 19.3. The van der Waals surface area contributed by atoms with Gasteiger partial charge in [-0.15, -0.1) is 10.2 Å². The lowest BCUT2D eigenvalue weighted by Crippen LogP contribution is -2.44. The molecule has 12 heteroatoms. The first-order valence-corrected chi connectivity index (χ1v) is 11.1. The van der Waals surface area contributed by atoms with E-state index in [0.717, 1.165) is 45.5 Å². The highest BCUT2D eigenvalue weighted by Gasteiger charge is 2.44. The van der Waals surface area contributed by atoms with E-state index in [4.69, 9.17) is 4.74 Å². The Bertz CT molecular complexity index is 1250. The maximum Gasteiger partial charge on any atom is 0.303 e. The molecule has 1 spiro atoms. The van der Waals surface area contributed by atoms with E-state index in [-0.39, 0.29) is 23.0 Å². The van der Waals surface area contributed by atoms with Crippen LogP contribution < -0.4 is 15.5 Å². The zero-order valence-electron chi connectivity index (χ0n) is 19.3. The number of halogens is 2. The van der Waals surface area contributed by atoms with Crippen LogP contribution in [0.15, 0.2) is 36.7 Å². The van der Waals surface area contributed by atoms with Crippen molar-refractivity contribution in [3.05, 3.63) is 42.5 Å². The number of alkyl halides is 2. The van der Waals surface area contributed by atoms with Gasteiger partial charge < -0.3 is 20.3 Å². The van der Waals surface area contributed by atoms with Gasteiger partial charge in [-0.25, -0.2) is 15.0 Å². The molecule has 0 saturated carbocycles. The summed E-state index contributed by atoms with van der Waals surface area (Å²) in [6.07, 6.45) is 3.85. The van der Waals surface area contributed by atoms with Gasteiger partial charge in [-0.05, 0) is 24.6 Å². The second-order valence-corrected chi connectivity index (χ2v) is 9.02. The fourth-order valence-electron chi connectivity index (χ4n) is 4.18. The molecule has 2 aliphatic rings. The predicted molar refractivity (Wildman–Crippen MR) is 125 cm³/mol. The van der Waals surface area contributed by atoms with Gasteiger partial charge in [0.25, 0.3) is 0 Å². The fraction of sp³-hybridized carbons (Fsp3) is 0.391. The van der Waals surface area contributed by atoms with Gasteiger partial charge in [-0.2, -0.15) is 8.78 Å². The van der Waals surface area contributed by atoms with Crippen LogP contribution in [0.1, 0.15) is 26.1 Å². The Morgan fingerprint density at radius 1 is 1.17 bits per heavy atom. The third kappa shape index (κ3) is 4.87. The predicted octanol–water partition coefficient (Wildman–Crippen LogP) is 3.37. The summed E-state index contributed by atoms with van der Waals surface area (Å²) in [5, 5.41) is 14.4. The van der Waals surface area contributed by atoms with Crippen molar-refractivity contribution in [2.24, 2.45) is 5.41 Å². The number of anilines is 4. The maximum absolute atomic E-state index is 13.7. The van der Waals surface area contributed by atoms with Crippen LogP contribution in [0.5, 0.6) is 0 Å². The highest BCUT2D eigenvalue weighted by atomic mass is 19.3. The topological polar surface area (TPSA) is 118 Å². The quantitative estimate of drug-likeness (QED) is 0.545. The Morgan fingerprint density at radius 3 is 2.63 bits per heavy atom. The highest BCUT2D eigenvalue weighted by Crippen LogP contribution is 2.39. The van der Waals surface area contributed by atoms with Gasteiger partial charge in [0.2, 0.25) is 11.7 Å². The van der Waals surface area contributed by atoms with E-state index in [9.17, 15) is 13.6 Å². The number of ether oxygens (including phenoxy) is 1. The molecule has 0 bridgehead atoms. The second-order valence-electron chi connectivity index (χ2n) is 9.02. The molecule has 0 aliphatic carbocycles. The van der Waals surface area contributed by atoms with Crippen LogP contribution in [0, 0.1) is 5.41 Å². The van der Waals surface area contributed by atoms with Gasteiger partial charge in [0, 0.05) is 56.4 Å². The van der Waals surface area contributed by atoms with Crippen molar-refractivity contribution in [1.29, 1.82) is 0 Å². The van der Waals surface area contributed by atoms with E-state index >= 15 is 0 Å². The molecular weight excluding hydrogens is 458 g/mol. The van der Waals surface area contributed by atoms with Crippen molar-refractivity contribution in [1.82, 2.24) is 25.1 Å². The van der Waals surface area contributed by atoms with Crippen molar-refractivity contribution in [2.75, 3.05) is 41.8 Å². The van der Waals surface area contributed by atoms with Gasteiger partial charge in [0.1, 0.15) is 11.6 Å². The van der Waals surface area contributed by atoms with E-state index < -0.39 is 11.7 Å². The standard InChI is InChI=1S/C23H24F2N8O2/c1-14(34)28-19-9-17(29-18-5-7-26-21(30-18)22(2,24)25)15(10-27-19)16-3-4-20(32-31-16)33-8-6-23(11-33)12-35-13-23/h3-5,7,9-10H,6,8,11-13H2,1-2H3,(H2,26,27,28,29,30,34). The molecule has 182 valence electrons. The Labute approximate surface area is 200 Å². The van der Waals surface area contributed by atoms with Gasteiger partial charge in [0.05, 0.1) is 24.6 Å². The van der Waals surface area contributed by atoms with Crippen molar-refractivity contribution < 1.29 is 18.3 Å². The summed E-state index contributed by atoms with van der Waals surface area (Å²) in [7, 11) is 0. The molecule has 2 aliphatic heterocycles. The van der Waals surface area contributed by atoms with Crippen molar-refractivity contribution >= 4 is 29.0 Å². The van der Waals surface area contributed by atoms with Crippen LogP contribution in [0.25, 0.3) is 11.3 Å². The molecule has 0 radical (unpaired) electrons. The molecule has 1 amide bonds. The number of carbonyl (C=O) groups is 1. The highest BCUT2D eigenvalue weighted by molar-refractivity contribution is 5.89. The SMILES string of the molecule is CC(=O)Nc1cc(Nc2ccnc(C(C)(F)F)n2)c(-c2ccc(N3CCC4(COC4)C3)nn2)cn1. The molecule has 5 rings (SSSR count). The maximum atomic E-state index is 13.7. The number of hydrogen-bond acceptors (Lipinski definition) is 9. The third-order valence-corrected chi connectivity index (χ3v) is 6.02. The average Bonchev–Trinajstić information content (AvgIpc) is 3.25. The van der Waals surface area contributed by atoms with E-state index in [1.165, 1.54) is 25.4 Å². The Balaban J connectivity index is 1.44. The minimum Gasteiger partial charge on any atom is -0.380 e. The summed E-state index contributed by atoms with van der Waals surface area (Å²) in [6.45, 7) is 5.45. The largest absolute Gasteiger partial charge is 0.380 e. The molecule has 35 heavy (non-hydrogen) atoms. The minimum absolute atomic E-state index is 0.160. The lowest BCUT2D eigenvalue weighted by Gasteiger charge is -2.37. The van der Waals surface area contributed by atoms with Gasteiger partial charge >= 0.3 is 5.92 Å². The molecular formula is C23H24F2N8O2. The number of carbonyl (C=O) groups excluding carboxylic acids is 1. The Kier molecular flexibility index (Phi) is 5.75. The fourth-order valence-corrected chi connectivity index (χ4v) is 4.18. The molecule has 5 heterocycles. The van der Waals surface area contributed by atoms with E-state index in [0.29, 0.717) is 16.9 Å². The molecule has 0 unspecified atom stereocenters. The number of amides is 1. The third-order valence-electron chi connectivity index (χ3n) is 6.02. The summed E-state index contributed by atoms with van der Waals surface area (Å²) >= 11 is 0. The van der Waals surface area contributed by atoms with E-state index in [1.54, 1.807) is 6.07 Å². The summed E-state index contributed by atoms with van der Waals surface area (Å²) in [5.41, 5.74) is 1.77. The van der Waals surface area contributed by atoms with Gasteiger partial charge in [-0.3, -0.25) is 4.79 Å². The number of hydrogen-bond donors (Lipinski definition) is 2. The van der Waals surface area contributed by atoms with E-state index in [1.807, 2.05) is 12.1 Å². The van der Waals surface area contributed by atoms with Crippen LogP contribution in [-0.4, -0.2) is 57.4 Å². The first-order valence-electron chi connectivity index (χ1n) is 11.1. The van der Waals surface area contributed by atoms with Crippen LogP contribution >= 0.6 is 0 Å².